The van der Waals surface area contributed by atoms with E-state index in [1.807, 2.05) is 6.92 Å². The van der Waals surface area contributed by atoms with Crippen LogP contribution in [-0.4, -0.2) is 18.7 Å². The minimum atomic E-state index is -0.776. The monoisotopic (exact) mass is 420 g/mol. The fourth-order valence-electron chi connectivity index (χ4n) is 2.24. The Labute approximate surface area is 166 Å². The zero-order valence-corrected chi connectivity index (χ0v) is 16.6. The molecule has 0 fully saturated rings. The molecule has 0 amide bonds. The van der Waals surface area contributed by atoms with Crippen molar-refractivity contribution in [1.82, 2.24) is 0 Å². The van der Waals surface area contributed by atoms with Crippen molar-refractivity contribution >= 4 is 52.4 Å². The topological polar surface area (TPSA) is 35.5 Å². The fraction of sp³-hybridized carbons (Fsp3) is 0.278. The van der Waals surface area contributed by atoms with Gasteiger partial charge in [0.25, 0.3) is 0 Å². The molecule has 0 radical (unpaired) electrons. The van der Waals surface area contributed by atoms with Crippen molar-refractivity contribution < 1.29 is 14.3 Å². The molecular formula is C18H16Cl4O3. The zero-order chi connectivity index (χ0) is 18.6. The molecule has 134 valence electrons. The Bertz CT molecular complexity index is 734. The molecule has 0 heterocycles. The molecule has 25 heavy (non-hydrogen) atoms. The van der Waals surface area contributed by atoms with Gasteiger partial charge in [-0.3, -0.25) is 0 Å². The van der Waals surface area contributed by atoms with E-state index < -0.39 is 12.1 Å². The molecule has 0 saturated carbocycles. The van der Waals surface area contributed by atoms with E-state index >= 15 is 0 Å². The first-order valence-corrected chi connectivity index (χ1v) is 9.15. The molecule has 0 aromatic heterocycles. The van der Waals surface area contributed by atoms with Gasteiger partial charge in [0.05, 0.1) is 16.7 Å². The number of esters is 1. The maximum atomic E-state index is 11.9. The van der Waals surface area contributed by atoms with Crippen LogP contribution in [0.3, 0.4) is 0 Å². The molecule has 7 heteroatoms. The van der Waals surface area contributed by atoms with Crippen LogP contribution in [0.25, 0.3) is 11.1 Å². The van der Waals surface area contributed by atoms with Gasteiger partial charge in [0.1, 0.15) is 0 Å². The van der Waals surface area contributed by atoms with Gasteiger partial charge in [-0.05, 0) is 54.8 Å². The summed E-state index contributed by atoms with van der Waals surface area (Å²) in [5, 5.41) is 1.56. The Morgan fingerprint density at radius 2 is 1.44 bits per heavy atom. The lowest BCUT2D eigenvalue weighted by molar-refractivity contribution is -0.151. The lowest BCUT2D eigenvalue weighted by Gasteiger charge is -2.18. The predicted molar refractivity (Wildman–Crippen MR) is 103 cm³/mol. The van der Waals surface area contributed by atoms with Gasteiger partial charge in [-0.25, -0.2) is 4.79 Å². The number of hydrogen-bond acceptors (Lipinski definition) is 3. The van der Waals surface area contributed by atoms with Crippen molar-refractivity contribution in [2.75, 3.05) is 6.61 Å². The van der Waals surface area contributed by atoms with E-state index in [2.05, 4.69) is 0 Å². The van der Waals surface area contributed by atoms with E-state index in [4.69, 9.17) is 55.9 Å². The second-order valence-electron chi connectivity index (χ2n) is 5.19. The van der Waals surface area contributed by atoms with Crippen LogP contribution in [0.4, 0.5) is 0 Å². The number of halogens is 4. The first kappa shape index (κ1) is 20.2. The van der Waals surface area contributed by atoms with Crippen molar-refractivity contribution in [2.24, 2.45) is 0 Å². The van der Waals surface area contributed by atoms with Crippen LogP contribution in [0, 0.1) is 0 Å². The Kier molecular flexibility index (Phi) is 7.26. The first-order valence-electron chi connectivity index (χ1n) is 7.64. The number of ether oxygens (including phenoxy) is 2. The van der Waals surface area contributed by atoms with E-state index in [9.17, 15) is 4.79 Å². The van der Waals surface area contributed by atoms with Gasteiger partial charge < -0.3 is 9.47 Å². The van der Waals surface area contributed by atoms with Gasteiger partial charge >= 0.3 is 5.97 Å². The van der Waals surface area contributed by atoms with Crippen LogP contribution < -0.4 is 4.74 Å². The van der Waals surface area contributed by atoms with Crippen LogP contribution >= 0.6 is 46.4 Å². The second kappa shape index (κ2) is 9.00. The Morgan fingerprint density at radius 1 is 0.920 bits per heavy atom. The summed E-state index contributed by atoms with van der Waals surface area (Å²) in [6.45, 7) is 3.82. The number of benzene rings is 2. The molecule has 0 aliphatic rings. The maximum Gasteiger partial charge on any atom is 0.347 e. The quantitative estimate of drug-likeness (QED) is 0.487. The Morgan fingerprint density at radius 3 is 1.92 bits per heavy atom. The molecule has 0 spiro atoms. The predicted octanol–water partition coefficient (Wildman–Crippen LogP) is 6.69. The maximum absolute atomic E-state index is 11.9. The van der Waals surface area contributed by atoms with Crippen molar-refractivity contribution in [3.8, 4) is 16.9 Å². The molecule has 1 atom stereocenters. The molecular weight excluding hydrogens is 406 g/mol. The smallest absolute Gasteiger partial charge is 0.347 e. The van der Waals surface area contributed by atoms with E-state index in [1.54, 1.807) is 37.3 Å². The SMILES string of the molecule is CCOC(=O)C(CC)Oc1c(Cl)cc(-c2cc(Cl)cc(Cl)c2)cc1Cl. The summed E-state index contributed by atoms with van der Waals surface area (Å²) in [6.07, 6.45) is -0.349. The lowest BCUT2D eigenvalue weighted by atomic mass is 10.1. The molecule has 2 aromatic rings. The molecule has 3 nitrogen and oxygen atoms in total. The van der Waals surface area contributed by atoms with Crippen LogP contribution in [0.1, 0.15) is 20.3 Å². The van der Waals surface area contributed by atoms with E-state index in [0.29, 0.717) is 16.5 Å². The minimum absolute atomic E-state index is 0.236. The highest BCUT2D eigenvalue weighted by Gasteiger charge is 2.23. The Balaban J connectivity index is 2.35. The number of hydrogen-bond donors (Lipinski definition) is 0. The molecule has 0 bridgehead atoms. The number of carbonyl (C=O) groups excluding carboxylic acids is 1. The van der Waals surface area contributed by atoms with Crippen LogP contribution in [0.5, 0.6) is 5.75 Å². The normalized spacial score (nSPS) is 11.9. The molecule has 0 saturated heterocycles. The Hall–Kier alpha value is -1.13. The van der Waals surface area contributed by atoms with E-state index in [0.717, 1.165) is 11.1 Å². The van der Waals surface area contributed by atoms with Crippen LogP contribution in [-0.2, 0) is 9.53 Å². The third-order valence-corrected chi connectivity index (χ3v) is 4.37. The minimum Gasteiger partial charge on any atom is -0.476 e. The summed E-state index contributed by atoms with van der Waals surface area (Å²) in [5.74, 6) is -0.219. The summed E-state index contributed by atoms with van der Waals surface area (Å²) in [4.78, 5) is 11.9. The molecule has 0 N–H and O–H groups in total. The average molecular weight is 422 g/mol. The highest BCUT2D eigenvalue weighted by molar-refractivity contribution is 6.38. The third-order valence-electron chi connectivity index (χ3n) is 3.37. The van der Waals surface area contributed by atoms with Gasteiger partial charge in [0.2, 0.25) is 0 Å². The summed E-state index contributed by atoms with van der Waals surface area (Å²) in [7, 11) is 0. The number of carbonyl (C=O) groups is 1. The summed E-state index contributed by atoms with van der Waals surface area (Å²) in [6, 6.07) is 8.51. The van der Waals surface area contributed by atoms with Crippen molar-refractivity contribution in [1.29, 1.82) is 0 Å². The van der Waals surface area contributed by atoms with Crippen LogP contribution in [0.2, 0.25) is 20.1 Å². The van der Waals surface area contributed by atoms with Crippen molar-refractivity contribution in [3.05, 3.63) is 50.4 Å². The van der Waals surface area contributed by atoms with Gasteiger partial charge in [-0.1, -0.05) is 53.3 Å². The van der Waals surface area contributed by atoms with Gasteiger partial charge in [0, 0.05) is 10.0 Å². The molecule has 0 aliphatic heterocycles. The second-order valence-corrected chi connectivity index (χ2v) is 6.88. The van der Waals surface area contributed by atoms with E-state index in [1.165, 1.54) is 0 Å². The van der Waals surface area contributed by atoms with Gasteiger partial charge in [-0.15, -0.1) is 0 Å². The molecule has 2 rings (SSSR count). The molecule has 2 aromatic carbocycles. The summed E-state index contributed by atoms with van der Waals surface area (Å²) in [5.41, 5.74) is 1.50. The molecule has 0 aliphatic carbocycles. The zero-order valence-electron chi connectivity index (χ0n) is 13.6. The first-order chi connectivity index (χ1) is 11.8. The summed E-state index contributed by atoms with van der Waals surface area (Å²) < 4.78 is 10.7. The standard InChI is InChI=1S/C18H16Cl4O3/c1-3-16(18(23)24-4-2)25-17-14(21)7-11(8-15(17)22)10-5-12(19)9-13(20)6-10/h5-9,16H,3-4H2,1-2H3. The largest absolute Gasteiger partial charge is 0.476 e. The van der Waals surface area contributed by atoms with Gasteiger partial charge in [0.15, 0.2) is 11.9 Å². The number of rotatable bonds is 6. The van der Waals surface area contributed by atoms with Gasteiger partial charge in [-0.2, -0.15) is 0 Å². The lowest BCUT2D eigenvalue weighted by Crippen LogP contribution is -2.28. The van der Waals surface area contributed by atoms with Crippen molar-refractivity contribution in [2.45, 2.75) is 26.4 Å². The third kappa shape index (κ3) is 5.18. The summed E-state index contributed by atoms with van der Waals surface area (Å²) >= 11 is 24.7. The highest BCUT2D eigenvalue weighted by Crippen LogP contribution is 2.39. The van der Waals surface area contributed by atoms with E-state index in [-0.39, 0.29) is 22.4 Å². The molecule has 1 unspecified atom stereocenters. The van der Waals surface area contributed by atoms with Crippen molar-refractivity contribution in [3.63, 3.8) is 0 Å². The fourth-order valence-corrected chi connectivity index (χ4v) is 3.34. The highest BCUT2D eigenvalue weighted by atomic mass is 35.5. The van der Waals surface area contributed by atoms with Crippen LogP contribution in [0.15, 0.2) is 30.3 Å². The average Bonchev–Trinajstić information content (AvgIpc) is 2.53.